The van der Waals surface area contributed by atoms with Crippen LogP contribution in [0.15, 0.2) is 51.9 Å². The number of esters is 1. The quantitative estimate of drug-likeness (QED) is 0.265. The van der Waals surface area contributed by atoms with E-state index in [1.165, 1.54) is 47.9 Å². The van der Waals surface area contributed by atoms with Gasteiger partial charge in [0.25, 0.3) is 0 Å². The van der Waals surface area contributed by atoms with Crippen LogP contribution in [-0.2, 0) is 4.79 Å². The van der Waals surface area contributed by atoms with Crippen molar-refractivity contribution >= 4 is 16.9 Å². The molecule has 4 aromatic rings. The molecule has 0 spiro atoms. The summed E-state index contributed by atoms with van der Waals surface area (Å²) < 4.78 is 38.6. The maximum Gasteiger partial charge on any atom is 0.312 e. The molecule has 1 N–H and O–H groups in total. The predicted octanol–water partition coefficient (Wildman–Crippen LogP) is 4.65. The molecular formula is C29H26O10. The minimum Gasteiger partial charge on any atom is -0.507 e. The Hall–Kier alpha value is -4.86. The number of phenols is 1. The fourth-order valence-electron chi connectivity index (χ4n) is 4.92. The van der Waals surface area contributed by atoms with Crippen molar-refractivity contribution < 1.29 is 42.7 Å². The summed E-state index contributed by atoms with van der Waals surface area (Å²) in [6.45, 7) is 0. The third-order valence-electron chi connectivity index (χ3n) is 6.75. The van der Waals surface area contributed by atoms with Gasteiger partial charge in [-0.1, -0.05) is 6.07 Å². The third kappa shape index (κ3) is 4.23. The Morgan fingerprint density at radius 1 is 0.821 bits per heavy atom. The first kappa shape index (κ1) is 25.8. The highest BCUT2D eigenvalue weighted by Gasteiger charge is 2.35. The van der Waals surface area contributed by atoms with Gasteiger partial charge in [0.1, 0.15) is 28.7 Å². The second-order valence-corrected chi connectivity index (χ2v) is 8.75. The maximum absolute atomic E-state index is 13.7. The van der Waals surface area contributed by atoms with Crippen molar-refractivity contribution in [1.29, 1.82) is 0 Å². The number of fused-ring (bicyclic) bond motifs is 3. The van der Waals surface area contributed by atoms with Crippen LogP contribution in [0.5, 0.6) is 40.2 Å². The first-order chi connectivity index (χ1) is 18.8. The summed E-state index contributed by atoms with van der Waals surface area (Å²) in [5.41, 5.74) is 1.42. The summed E-state index contributed by atoms with van der Waals surface area (Å²) in [5.74, 6) is 0.716. The molecule has 1 aliphatic heterocycles. The fourth-order valence-corrected chi connectivity index (χ4v) is 4.92. The molecule has 1 unspecified atom stereocenters. The highest BCUT2D eigenvalue weighted by atomic mass is 16.5. The molecule has 0 saturated heterocycles. The van der Waals surface area contributed by atoms with Crippen LogP contribution in [0.4, 0.5) is 0 Å². The normalized spacial score (nSPS) is 14.4. The van der Waals surface area contributed by atoms with Gasteiger partial charge in [0.05, 0.1) is 47.5 Å². The minimum atomic E-state index is -0.604. The average Bonchev–Trinajstić information content (AvgIpc) is 2.95. The predicted molar refractivity (Wildman–Crippen MR) is 141 cm³/mol. The second kappa shape index (κ2) is 10.1. The van der Waals surface area contributed by atoms with E-state index in [9.17, 15) is 14.7 Å². The Morgan fingerprint density at radius 3 is 2.10 bits per heavy atom. The van der Waals surface area contributed by atoms with Crippen molar-refractivity contribution in [2.75, 3.05) is 35.5 Å². The van der Waals surface area contributed by atoms with Crippen molar-refractivity contribution in [3.05, 3.63) is 64.0 Å². The largest absolute Gasteiger partial charge is 0.507 e. The molecule has 0 bridgehead atoms. The molecule has 202 valence electrons. The van der Waals surface area contributed by atoms with E-state index in [1.54, 1.807) is 30.3 Å². The van der Waals surface area contributed by atoms with Gasteiger partial charge in [-0.15, -0.1) is 0 Å². The SMILES string of the molecule is COc1ccc(-c2coc3c4c(cc(O)c3c2=O)OC(=O)CC4c2cc(OC)c(OC)c(OC)c2)cc1OC. The van der Waals surface area contributed by atoms with Crippen LogP contribution >= 0.6 is 0 Å². The molecule has 0 fully saturated rings. The Balaban J connectivity index is 1.74. The van der Waals surface area contributed by atoms with Crippen LogP contribution < -0.4 is 33.8 Å². The summed E-state index contributed by atoms with van der Waals surface area (Å²) in [4.78, 5) is 26.3. The molecular weight excluding hydrogens is 508 g/mol. The number of phenolic OH excluding ortho intramolecular Hbond substituents is 1. The van der Waals surface area contributed by atoms with E-state index < -0.39 is 17.3 Å². The standard InChI is InChI=1S/C29H26O10/c1-33-19-7-6-14(8-20(19)34-2)17-13-38-29-25-16(15-9-22(35-3)28(37-5)23(10-15)36-4)11-24(31)39-21(25)12-18(30)26(29)27(17)32/h6-10,12-13,16,30H,11H2,1-5H3. The number of aromatic hydroxyl groups is 1. The lowest BCUT2D eigenvalue weighted by molar-refractivity contribution is -0.135. The number of ether oxygens (including phenoxy) is 6. The van der Waals surface area contributed by atoms with Gasteiger partial charge in [0.2, 0.25) is 11.2 Å². The van der Waals surface area contributed by atoms with E-state index in [0.717, 1.165) is 0 Å². The lowest BCUT2D eigenvalue weighted by Gasteiger charge is -2.27. The van der Waals surface area contributed by atoms with Crippen LogP contribution in [-0.4, -0.2) is 46.6 Å². The molecule has 0 saturated carbocycles. The summed E-state index contributed by atoms with van der Waals surface area (Å²) in [5, 5.41) is 10.8. The third-order valence-corrected chi connectivity index (χ3v) is 6.75. The van der Waals surface area contributed by atoms with E-state index in [0.29, 0.717) is 45.4 Å². The lowest BCUT2D eigenvalue weighted by atomic mass is 9.84. The lowest BCUT2D eigenvalue weighted by Crippen LogP contribution is -2.22. The van der Waals surface area contributed by atoms with E-state index >= 15 is 0 Å². The number of methoxy groups -OCH3 is 5. The molecule has 0 amide bonds. The van der Waals surface area contributed by atoms with Gasteiger partial charge in [-0.2, -0.15) is 0 Å². The number of rotatable bonds is 7. The zero-order chi connectivity index (χ0) is 27.8. The number of carbonyl (C=O) groups excluding carboxylic acids is 1. The van der Waals surface area contributed by atoms with Crippen LogP contribution in [0.3, 0.4) is 0 Å². The minimum absolute atomic E-state index is 0.0450. The van der Waals surface area contributed by atoms with Crippen molar-refractivity contribution in [2.24, 2.45) is 0 Å². The molecule has 2 heterocycles. The highest BCUT2D eigenvalue weighted by Crippen LogP contribution is 2.49. The van der Waals surface area contributed by atoms with Gasteiger partial charge in [0, 0.05) is 17.5 Å². The average molecular weight is 535 g/mol. The molecule has 10 heteroatoms. The van der Waals surface area contributed by atoms with Crippen molar-refractivity contribution in [1.82, 2.24) is 0 Å². The molecule has 0 aliphatic carbocycles. The Bertz CT molecular complexity index is 1630. The van der Waals surface area contributed by atoms with E-state index in [1.807, 2.05) is 0 Å². The second-order valence-electron chi connectivity index (χ2n) is 8.75. The number of hydrogen-bond acceptors (Lipinski definition) is 10. The first-order valence-corrected chi connectivity index (χ1v) is 11.9. The van der Waals surface area contributed by atoms with Crippen LogP contribution in [0.25, 0.3) is 22.1 Å². The molecule has 0 radical (unpaired) electrons. The molecule has 3 aromatic carbocycles. The molecule has 1 atom stereocenters. The van der Waals surface area contributed by atoms with Crippen LogP contribution in [0.1, 0.15) is 23.5 Å². The Kier molecular flexibility index (Phi) is 6.69. The fraction of sp³-hybridized carbons (Fsp3) is 0.241. The van der Waals surface area contributed by atoms with Gasteiger partial charge >= 0.3 is 5.97 Å². The Labute approximate surface area is 223 Å². The van der Waals surface area contributed by atoms with Crippen LogP contribution in [0, 0.1) is 0 Å². The van der Waals surface area contributed by atoms with E-state index in [4.69, 9.17) is 32.8 Å². The van der Waals surface area contributed by atoms with Crippen molar-refractivity contribution in [2.45, 2.75) is 12.3 Å². The molecule has 10 nitrogen and oxygen atoms in total. The van der Waals surface area contributed by atoms with Crippen molar-refractivity contribution in [3.8, 4) is 51.4 Å². The number of benzene rings is 3. The molecule has 1 aromatic heterocycles. The van der Waals surface area contributed by atoms with E-state index in [-0.39, 0.29) is 34.5 Å². The molecule has 39 heavy (non-hydrogen) atoms. The summed E-state index contributed by atoms with van der Waals surface area (Å²) >= 11 is 0. The summed E-state index contributed by atoms with van der Waals surface area (Å²) in [6.07, 6.45) is 1.26. The zero-order valence-electron chi connectivity index (χ0n) is 21.9. The summed E-state index contributed by atoms with van der Waals surface area (Å²) in [6, 6.07) is 9.72. The molecule has 5 rings (SSSR count). The zero-order valence-corrected chi connectivity index (χ0v) is 21.9. The van der Waals surface area contributed by atoms with Crippen LogP contribution in [0.2, 0.25) is 0 Å². The smallest absolute Gasteiger partial charge is 0.312 e. The van der Waals surface area contributed by atoms with Gasteiger partial charge in [-0.25, -0.2) is 0 Å². The first-order valence-electron chi connectivity index (χ1n) is 11.9. The van der Waals surface area contributed by atoms with Gasteiger partial charge in [0.15, 0.2) is 23.0 Å². The highest BCUT2D eigenvalue weighted by molar-refractivity contribution is 5.94. The van der Waals surface area contributed by atoms with Gasteiger partial charge in [-0.3, -0.25) is 9.59 Å². The number of carbonyl (C=O) groups is 1. The topological polar surface area (TPSA) is 123 Å². The van der Waals surface area contributed by atoms with Crippen molar-refractivity contribution in [3.63, 3.8) is 0 Å². The van der Waals surface area contributed by atoms with E-state index in [2.05, 4.69) is 0 Å². The van der Waals surface area contributed by atoms with Gasteiger partial charge in [-0.05, 0) is 35.4 Å². The maximum atomic E-state index is 13.7. The summed E-state index contributed by atoms with van der Waals surface area (Å²) in [7, 11) is 7.49. The Morgan fingerprint density at radius 2 is 1.49 bits per heavy atom. The number of hydrogen-bond donors (Lipinski definition) is 1. The monoisotopic (exact) mass is 534 g/mol. The molecule has 1 aliphatic rings. The van der Waals surface area contributed by atoms with Gasteiger partial charge < -0.3 is 37.9 Å².